The molecule has 16 heavy (non-hydrogen) atoms. The van der Waals surface area contributed by atoms with Gasteiger partial charge in [-0.25, -0.2) is 0 Å². The van der Waals surface area contributed by atoms with E-state index in [0.29, 0.717) is 5.92 Å². The van der Waals surface area contributed by atoms with Crippen molar-refractivity contribution in [1.82, 2.24) is 0 Å². The van der Waals surface area contributed by atoms with Gasteiger partial charge in [0.05, 0.1) is 5.60 Å². The summed E-state index contributed by atoms with van der Waals surface area (Å²) in [4.78, 5) is 0. The second-order valence-corrected chi connectivity index (χ2v) is 6.42. The van der Waals surface area contributed by atoms with Crippen molar-refractivity contribution in [3.05, 3.63) is 0 Å². The molecule has 0 radical (unpaired) electrons. The standard InChI is InChI=1S/C15H28O/c1-3-13-7-9-15(16,10-8-13)14-6-4-5-12(2)11-14/h12-14,16H,3-11H2,1-2H3. The van der Waals surface area contributed by atoms with Crippen LogP contribution in [0.5, 0.6) is 0 Å². The molecular weight excluding hydrogens is 196 g/mol. The SMILES string of the molecule is CCC1CCC(O)(C2CCCC(C)C2)CC1. The molecule has 0 aliphatic heterocycles. The van der Waals surface area contributed by atoms with E-state index in [2.05, 4.69) is 13.8 Å². The summed E-state index contributed by atoms with van der Waals surface area (Å²) >= 11 is 0. The van der Waals surface area contributed by atoms with Gasteiger partial charge < -0.3 is 5.11 Å². The first-order valence-electron chi connectivity index (χ1n) is 7.36. The van der Waals surface area contributed by atoms with E-state index in [9.17, 15) is 5.11 Å². The van der Waals surface area contributed by atoms with Gasteiger partial charge in [-0.15, -0.1) is 0 Å². The molecule has 2 unspecified atom stereocenters. The van der Waals surface area contributed by atoms with Crippen molar-refractivity contribution in [2.45, 2.75) is 77.2 Å². The van der Waals surface area contributed by atoms with Crippen LogP contribution in [0.3, 0.4) is 0 Å². The Balaban J connectivity index is 1.92. The van der Waals surface area contributed by atoms with Gasteiger partial charge in [0.2, 0.25) is 0 Å². The molecule has 2 aliphatic carbocycles. The largest absolute Gasteiger partial charge is 0.390 e. The van der Waals surface area contributed by atoms with E-state index >= 15 is 0 Å². The van der Waals surface area contributed by atoms with Gasteiger partial charge in [-0.2, -0.15) is 0 Å². The molecule has 2 atom stereocenters. The van der Waals surface area contributed by atoms with Gasteiger partial charge in [-0.05, 0) is 56.3 Å². The monoisotopic (exact) mass is 224 g/mol. The fourth-order valence-corrected chi connectivity index (χ4v) is 3.92. The highest BCUT2D eigenvalue weighted by Crippen LogP contribution is 2.44. The van der Waals surface area contributed by atoms with Gasteiger partial charge in [-0.3, -0.25) is 0 Å². The number of hydrogen-bond acceptors (Lipinski definition) is 1. The number of aliphatic hydroxyl groups is 1. The van der Waals surface area contributed by atoms with Crippen LogP contribution in [-0.4, -0.2) is 10.7 Å². The average molecular weight is 224 g/mol. The molecule has 1 nitrogen and oxygen atoms in total. The maximum atomic E-state index is 10.8. The minimum Gasteiger partial charge on any atom is -0.390 e. The zero-order valence-corrected chi connectivity index (χ0v) is 11.0. The summed E-state index contributed by atoms with van der Waals surface area (Å²) in [6.45, 7) is 4.64. The summed E-state index contributed by atoms with van der Waals surface area (Å²) in [6.07, 6.45) is 11.2. The predicted octanol–water partition coefficient (Wildman–Crippen LogP) is 4.14. The Labute approximate surface area is 101 Å². The van der Waals surface area contributed by atoms with Crippen molar-refractivity contribution >= 4 is 0 Å². The molecule has 0 bridgehead atoms. The van der Waals surface area contributed by atoms with E-state index in [1.54, 1.807) is 0 Å². The van der Waals surface area contributed by atoms with Crippen LogP contribution in [0, 0.1) is 17.8 Å². The molecule has 0 heterocycles. The lowest BCUT2D eigenvalue weighted by atomic mass is 9.66. The van der Waals surface area contributed by atoms with Crippen LogP contribution < -0.4 is 0 Å². The molecule has 0 saturated heterocycles. The smallest absolute Gasteiger partial charge is 0.0676 e. The van der Waals surface area contributed by atoms with Crippen LogP contribution in [0.2, 0.25) is 0 Å². The van der Waals surface area contributed by atoms with E-state index in [-0.39, 0.29) is 5.60 Å². The molecule has 2 saturated carbocycles. The van der Waals surface area contributed by atoms with Gasteiger partial charge in [0.25, 0.3) is 0 Å². The molecule has 2 fully saturated rings. The van der Waals surface area contributed by atoms with Gasteiger partial charge >= 0.3 is 0 Å². The molecule has 94 valence electrons. The van der Waals surface area contributed by atoms with E-state index in [1.807, 2.05) is 0 Å². The molecule has 2 aliphatic rings. The van der Waals surface area contributed by atoms with Crippen molar-refractivity contribution in [2.24, 2.45) is 17.8 Å². The van der Waals surface area contributed by atoms with Crippen LogP contribution >= 0.6 is 0 Å². The summed E-state index contributed by atoms with van der Waals surface area (Å²) in [7, 11) is 0. The van der Waals surface area contributed by atoms with Gasteiger partial charge in [0.1, 0.15) is 0 Å². The molecule has 2 rings (SSSR count). The van der Waals surface area contributed by atoms with E-state index in [1.165, 1.54) is 44.9 Å². The lowest BCUT2D eigenvalue weighted by molar-refractivity contribution is -0.0760. The van der Waals surface area contributed by atoms with Crippen molar-refractivity contribution in [1.29, 1.82) is 0 Å². The Morgan fingerprint density at radius 3 is 2.38 bits per heavy atom. The van der Waals surface area contributed by atoms with Crippen LogP contribution in [0.15, 0.2) is 0 Å². The highest BCUT2D eigenvalue weighted by atomic mass is 16.3. The Hall–Kier alpha value is -0.0400. The number of hydrogen-bond donors (Lipinski definition) is 1. The van der Waals surface area contributed by atoms with E-state index in [4.69, 9.17) is 0 Å². The second kappa shape index (κ2) is 5.08. The first kappa shape index (κ1) is 12.4. The molecule has 1 N–H and O–H groups in total. The summed E-state index contributed by atoms with van der Waals surface area (Å²) in [5.41, 5.74) is -0.291. The highest BCUT2D eigenvalue weighted by Gasteiger charge is 2.40. The van der Waals surface area contributed by atoms with Crippen molar-refractivity contribution < 1.29 is 5.11 Å². The first-order valence-corrected chi connectivity index (χ1v) is 7.36. The zero-order valence-electron chi connectivity index (χ0n) is 11.0. The Bertz CT molecular complexity index is 215. The van der Waals surface area contributed by atoms with Gasteiger partial charge in [0.15, 0.2) is 0 Å². The lowest BCUT2D eigenvalue weighted by Crippen LogP contribution is -2.43. The molecule has 0 aromatic rings. The molecule has 1 heteroatoms. The minimum atomic E-state index is -0.291. The highest BCUT2D eigenvalue weighted by molar-refractivity contribution is 4.93. The van der Waals surface area contributed by atoms with Crippen LogP contribution in [0.25, 0.3) is 0 Å². The van der Waals surface area contributed by atoms with Crippen molar-refractivity contribution in [2.75, 3.05) is 0 Å². The fraction of sp³-hybridized carbons (Fsp3) is 1.00. The number of rotatable bonds is 2. The fourth-order valence-electron chi connectivity index (χ4n) is 3.92. The molecule has 0 aromatic heterocycles. The van der Waals surface area contributed by atoms with Crippen LogP contribution in [-0.2, 0) is 0 Å². The van der Waals surface area contributed by atoms with Crippen LogP contribution in [0.4, 0.5) is 0 Å². The maximum absolute atomic E-state index is 10.8. The van der Waals surface area contributed by atoms with Gasteiger partial charge in [-0.1, -0.05) is 33.1 Å². The van der Waals surface area contributed by atoms with Crippen LogP contribution in [0.1, 0.15) is 71.6 Å². The molecule has 0 amide bonds. The maximum Gasteiger partial charge on any atom is 0.0676 e. The summed E-state index contributed by atoms with van der Waals surface area (Å²) in [5.74, 6) is 2.34. The van der Waals surface area contributed by atoms with Crippen molar-refractivity contribution in [3.8, 4) is 0 Å². The second-order valence-electron chi connectivity index (χ2n) is 6.42. The summed E-state index contributed by atoms with van der Waals surface area (Å²) < 4.78 is 0. The third-order valence-corrected chi connectivity index (χ3v) is 5.24. The first-order chi connectivity index (χ1) is 7.64. The third kappa shape index (κ3) is 2.61. The zero-order chi connectivity index (χ0) is 11.6. The minimum absolute atomic E-state index is 0.291. The molecule has 0 spiro atoms. The van der Waals surface area contributed by atoms with E-state index in [0.717, 1.165) is 24.7 Å². The topological polar surface area (TPSA) is 20.2 Å². The van der Waals surface area contributed by atoms with Gasteiger partial charge in [0, 0.05) is 0 Å². The van der Waals surface area contributed by atoms with Crippen molar-refractivity contribution in [3.63, 3.8) is 0 Å². The average Bonchev–Trinajstić information content (AvgIpc) is 2.30. The Kier molecular flexibility index (Phi) is 3.94. The molecular formula is C15H28O. The van der Waals surface area contributed by atoms with E-state index < -0.39 is 0 Å². The predicted molar refractivity (Wildman–Crippen MR) is 68.3 cm³/mol. The normalized spacial score (nSPS) is 45.6. The Morgan fingerprint density at radius 1 is 1.12 bits per heavy atom. The quantitative estimate of drug-likeness (QED) is 0.747. The summed E-state index contributed by atoms with van der Waals surface area (Å²) in [5, 5.41) is 10.8. The summed E-state index contributed by atoms with van der Waals surface area (Å²) in [6, 6.07) is 0. The third-order valence-electron chi connectivity index (χ3n) is 5.24. The molecule has 0 aromatic carbocycles. The lowest BCUT2D eigenvalue weighted by Gasteiger charge is -2.44. The Morgan fingerprint density at radius 2 is 1.81 bits per heavy atom.